The Morgan fingerprint density at radius 2 is 1.71 bits per heavy atom. The highest BCUT2D eigenvalue weighted by Gasteiger charge is 2.28. The van der Waals surface area contributed by atoms with Crippen LogP contribution in [0.25, 0.3) is 22.3 Å². The number of carbonyl (C=O) groups is 1. The number of halogens is 3. The Hall–Kier alpha value is -3.35. The van der Waals surface area contributed by atoms with Crippen LogP contribution in [-0.4, -0.2) is 28.8 Å². The van der Waals surface area contributed by atoms with Gasteiger partial charge in [-0.2, -0.15) is 13.2 Å². The zero-order chi connectivity index (χ0) is 22.6. The van der Waals surface area contributed by atoms with Crippen LogP contribution in [-0.2, 0) is 4.79 Å². The molecule has 0 spiro atoms. The molecule has 0 aliphatic carbocycles. The Labute approximate surface area is 178 Å². The van der Waals surface area contributed by atoms with Crippen molar-refractivity contribution in [1.29, 1.82) is 0 Å². The van der Waals surface area contributed by atoms with Crippen LogP contribution in [0, 0.1) is 6.92 Å². The van der Waals surface area contributed by atoms with Crippen LogP contribution < -0.4 is 4.74 Å². The quantitative estimate of drug-likeness (QED) is 0.483. The van der Waals surface area contributed by atoms with Crippen LogP contribution in [0.3, 0.4) is 0 Å². The first-order valence-corrected chi connectivity index (χ1v) is 9.77. The van der Waals surface area contributed by atoms with Gasteiger partial charge in [0, 0.05) is 17.5 Å². The second-order valence-electron chi connectivity index (χ2n) is 7.22. The second kappa shape index (κ2) is 9.20. The maximum absolute atomic E-state index is 12.4. The van der Waals surface area contributed by atoms with Gasteiger partial charge in [0.15, 0.2) is 6.61 Å². The minimum Gasteiger partial charge on any atom is -0.484 e. The van der Waals surface area contributed by atoms with Gasteiger partial charge in [-0.1, -0.05) is 37.3 Å². The van der Waals surface area contributed by atoms with E-state index in [1.54, 1.807) is 24.4 Å². The summed E-state index contributed by atoms with van der Waals surface area (Å²) >= 11 is 0. The molecule has 0 bridgehead atoms. The van der Waals surface area contributed by atoms with Gasteiger partial charge in [0.05, 0.1) is 5.92 Å². The van der Waals surface area contributed by atoms with E-state index >= 15 is 0 Å². The number of benzene rings is 2. The van der Waals surface area contributed by atoms with E-state index in [0.717, 1.165) is 27.9 Å². The Morgan fingerprint density at radius 1 is 1.03 bits per heavy atom. The van der Waals surface area contributed by atoms with Crippen molar-refractivity contribution in [2.45, 2.75) is 32.4 Å². The summed E-state index contributed by atoms with van der Waals surface area (Å²) in [6.07, 6.45) is -2.24. The van der Waals surface area contributed by atoms with Gasteiger partial charge >= 0.3 is 12.1 Å². The van der Waals surface area contributed by atoms with Crippen molar-refractivity contribution < 1.29 is 27.8 Å². The highest BCUT2D eigenvalue weighted by atomic mass is 19.4. The van der Waals surface area contributed by atoms with Crippen LogP contribution in [0.1, 0.15) is 30.5 Å². The Kier molecular flexibility index (Phi) is 6.63. The van der Waals surface area contributed by atoms with Crippen molar-refractivity contribution in [2.24, 2.45) is 0 Å². The minimum atomic E-state index is -4.41. The third-order valence-electron chi connectivity index (χ3n) is 4.94. The lowest BCUT2D eigenvalue weighted by atomic mass is 9.88. The molecule has 31 heavy (non-hydrogen) atoms. The maximum Gasteiger partial charge on any atom is 0.422 e. The first-order chi connectivity index (χ1) is 14.7. The third kappa shape index (κ3) is 5.63. The SMILES string of the molecule is CCC(C(=O)O)c1ccc(-c2ccc(C)nc2)c(-c2ccc(OCC(F)(F)F)cc2)c1. The van der Waals surface area contributed by atoms with Crippen molar-refractivity contribution in [1.82, 2.24) is 4.98 Å². The molecule has 0 amide bonds. The monoisotopic (exact) mass is 429 g/mol. The fraction of sp³-hybridized carbons (Fsp3) is 0.250. The van der Waals surface area contributed by atoms with Crippen molar-refractivity contribution in [2.75, 3.05) is 6.61 Å². The highest BCUT2D eigenvalue weighted by molar-refractivity contribution is 5.85. The molecule has 0 fully saturated rings. The average molecular weight is 429 g/mol. The number of hydrogen-bond acceptors (Lipinski definition) is 3. The smallest absolute Gasteiger partial charge is 0.422 e. The van der Waals surface area contributed by atoms with E-state index < -0.39 is 24.7 Å². The van der Waals surface area contributed by atoms with Gasteiger partial charge in [-0.05, 0) is 59.9 Å². The van der Waals surface area contributed by atoms with E-state index in [4.69, 9.17) is 4.74 Å². The van der Waals surface area contributed by atoms with Gasteiger partial charge in [-0.25, -0.2) is 0 Å². The number of aryl methyl sites for hydroxylation is 1. The Morgan fingerprint density at radius 3 is 2.26 bits per heavy atom. The molecule has 0 saturated carbocycles. The number of aliphatic carboxylic acids is 1. The first-order valence-electron chi connectivity index (χ1n) is 9.77. The lowest BCUT2D eigenvalue weighted by molar-refractivity contribution is -0.153. The van der Waals surface area contributed by atoms with E-state index in [9.17, 15) is 23.1 Å². The molecule has 1 atom stereocenters. The molecule has 7 heteroatoms. The highest BCUT2D eigenvalue weighted by Crippen LogP contribution is 2.36. The fourth-order valence-electron chi connectivity index (χ4n) is 3.35. The molecule has 0 aliphatic heterocycles. The van der Waals surface area contributed by atoms with Gasteiger partial charge in [-0.15, -0.1) is 0 Å². The zero-order valence-electron chi connectivity index (χ0n) is 17.1. The van der Waals surface area contributed by atoms with E-state index in [1.165, 1.54) is 12.1 Å². The van der Waals surface area contributed by atoms with E-state index in [-0.39, 0.29) is 5.75 Å². The van der Waals surface area contributed by atoms with Crippen LogP contribution in [0.2, 0.25) is 0 Å². The van der Waals surface area contributed by atoms with Crippen LogP contribution >= 0.6 is 0 Å². The van der Waals surface area contributed by atoms with Gasteiger partial charge in [0.25, 0.3) is 0 Å². The number of hydrogen-bond donors (Lipinski definition) is 1. The molecule has 1 aromatic heterocycles. The molecule has 0 aliphatic rings. The second-order valence-corrected chi connectivity index (χ2v) is 7.22. The number of aromatic nitrogens is 1. The van der Waals surface area contributed by atoms with Crippen LogP contribution in [0.5, 0.6) is 5.75 Å². The van der Waals surface area contributed by atoms with E-state index in [0.29, 0.717) is 12.0 Å². The van der Waals surface area contributed by atoms with Crippen molar-refractivity contribution in [3.63, 3.8) is 0 Å². The number of ether oxygens (including phenoxy) is 1. The van der Waals surface area contributed by atoms with Gasteiger partial charge in [0.2, 0.25) is 0 Å². The predicted molar refractivity (Wildman–Crippen MR) is 112 cm³/mol. The molecular formula is C24H22F3NO3. The molecule has 162 valence electrons. The van der Waals surface area contributed by atoms with Crippen molar-refractivity contribution in [3.8, 4) is 28.0 Å². The molecule has 1 unspecified atom stereocenters. The largest absolute Gasteiger partial charge is 0.484 e. The standard InChI is InChI=1S/C24H22F3NO3/c1-3-20(23(29)30)17-8-11-21(18-5-4-15(2)28-13-18)22(12-17)16-6-9-19(10-7-16)31-14-24(25,26)27/h4-13,20H,3,14H2,1-2H3,(H,29,30). The van der Waals surface area contributed by atoms with Crippen molar-refractivity contribution in [3.05, 3.63) is 72.1 Å². The van der Waals surface area contributed by atoms with Gasteiger partial charge in [0.1, 0.15) is 5.75 Å². The fourth-order valence-corrected chi connectivity index (χ4v) is 3.35. The number of carboxylic acid groups (broad SMARTS) is 1. The topological polar surface area (TPSA) is 59.4 Å². The number of rotatable bonds is 7. The molecule has 1 heterocycles. The zero-order valence-corrected chi connectivity index (χ0v) is 17.1. The normalized spacial score (nSPS) is 12.4. The molecular weight excluding hydrogens is 407 g/mol. The van der Waals surface area contributed by atoms with Crippen LogP contribution in [0.4, 0.5) is 13.2 Å². The van der Waals surface area contributed by atoms with E-state index in [1.807, 2.05) is 38.1 Å². The summed E-state index contributed by atoms with van der Waals surface area (Å²) in [6, 6.07) is 15.6. The summed E-state index contributed by atoms with van der Waals surface area (Å²) in [5.74, 6) is -1.46. The van der Waals surface area contributed by atoms with Gasteiger partial charge < -0.3 is 9.84 Å². The third-order valence-corrected chi connectivity index (χ3v) is 4.94. The molecule has 0 radical (unpaired) electrons. The number of carboxylic acids is 1. The average Bonchev–Trinajstić information content (AvgIpc) is 2.73. The summed E-state index contributed by atoms with van der Waals surface area (Å²) in [4.78, 5) is 16.0. The number of alkyl halides is 3. The summed E-state index contributed by atoms with van der Waals surface area (Å²) < 4.78 is 42.0. The summed E-state index contributed by atoms with van der Waals surface area (Å²) in [5.41, 5.74) is 4.73. The Bertz CT molecular complexity index is 1050. The molecule has 2 aromatic carbocycles. The summed E-state index contributed by atoms with van der Waals surface area (Å²) in [7, 11) is 0. The molecule has 1 N–H and O–H groups in total. The molecule has 4 nitrogen and oxygen atoms in total. The lowest BCUT2D eigenvalue weighted by Gasteiger charge is -2.16. The van der Waals surface area contributed by atoms with Gasteiger partial charge in [-0.3, -0.25) is 9.78 Å². The maximum atomic E-state index is 12.4. The molecule has 3 aromatic rings. The molecule has 3 rings (SSSR count). The summed E-state index contributed by atoms with van der Waals surface area (Å²) in [5, 5.41) is 9.55. The summed E-state index contributed by atoms with van der Waals surface area (Å²) in [6.45, 7) is 2.33. The van der Waals surface area contributed by atoms with Crippen molar-refractivity contribution >= 4 is 5.97 Å². The number of nitrogens with zero attached hydrogens (tertiary/aromatic N) is 1. The van der Waals surface area contributed by atoms with E-state index in [2.05, 4.69) is 4.98 Å². The number of pyridine rings is 1. The molecule has 0 saturated heterocycles. The first kappa shape index (κ1) is 22.3. The lowest BCUT2D eigenvalue weighted by Crippen LogP contribution is -2.19. The Balaban J connectivity index is 2.04. The minimum absolute atomic E-state index is 0.104. The predicted octanol–water partition coefficient (Wildman–Crippen LogP) is 6.24. The van der Waals surface area contributed by atoms with Crippen LogP contribution in [0.15, 0.2) is 60.8 Å².